The Labute approximate surface area is 165 Å². The number of aromatic nitrogens is 2. The average molecular weight is 385 g/mol. The number of carbonyl (C=O) groups excluding carboxylic acids is 2. The summed E-state index contributed by atoms with van der Waals surface area (Å²) >= 11 is 0. The predicted octanol–water partition coefficient (Wildman–Crippen LogP) is 3.52. The van der Waals surface area contributed by atoms with Crippen molar-refractivity contribution in [3.05, 3.63) is 102 Å². The fourth-order valence-electron chi connectivity index (χ4n) is 3.00. The van der Waals surface area contributed by atoms with Gasteiger partial charge in [0.1, 0.15) is 0 Å². The summed E-state index contributed by atoms with van der Waals surface area (Å²) in [6.45, 7) is 0. The van der Waals surface area contributed by atoms with Gasteiger partial charge in [0.15, 0.2) is 5.82 Å². The summed E-state index contributed by atoms with van der Waals surface area (Å²) in [5.41, 5.74) is 1.24. The molecular formula is C22H15N3O4. The number of amides is 1. The molecule has 2 N–H and O–H groups in total. The van der Waals surface area contributed by atoms with Gasteiger partial charge in [0.25, 0.3) is 5.91 Å². The molecule has 0 aliphatic rings. The standard InChI is InChI=1S/C22H15N3O4/c26-19(20-23-13-16-8-4-5-11-25(16)20)15-9-10-18(17(12-15)22(28)29)24-21(27)14-6-2-1-3-7-14/h1-13H,(H,24,27)(H,28,29). The van der Waals surface area contributed by atoms with E-state index in [0.717, 1.165) is 5.52 Å². The topological polar surface area (TPSA) is 101 Å². The average Bonchev–Trinajstić information content (AvgIpc) is 3.18. The molecule has 0 saturated carbocycles. The minimum Gasteiger partial charge on any atom is -0.478 e. The Bertz CT molecular complexity index is 1250. The summed E-state index contributed by atoms with van der Waals surface area (Å²) in [6, 6.07) is 18.0. The van der Waals surface area contributed by atoms with Gasteiger partial charge >= 0.3 is 5.97 Å². The molecule has 0 fully saturated rings. The molecule has 1 amide bonds. The van der Waals surface area contributed by atoms with Crippen LogP contribution in [0.15, 0.2) is 79.1 Å². The molecule has 2 aromatic heterocycles. The van der Waals surface area contributed by atoms with E-state index in [1.807, 2.05) is 12.1 Å². The van der Waals surface area contributed by atoms with Crippen LogP contribution in [0.4, 0.5) is 5.69 Å². The molecule has 0 aliphatic heterocycles. The zero-order valence-corrected chi connectivity index (χ0v) is 15.1. The molecule has 0 spiro atoms. The number of nitrogens with zero attached hydrogens (tertiary/aromatic N) is 2. The van der Waals surface area contributed by atoms with Crippen molar-refractivity contribution >= 4 is 28.9 Å². The number of hydrogen-bond acceptors (Lipinski definition) is 4. The number of fused-ring (bicyclic) bond motifs is 1. The zero-order valence-electron chi connectivity index (χ0n) is 15.1. The highest BCUT2D eigenvalue weighted by Gasteiger charge is 2.20. The van der Waals surface area contributed by atoms with Gasteiger partial charge in [0.05, 0.1) is 23.0 Å². The number of nitrogens with one attached hydrogen (secondary N) is 1. The molecule has 4 rings (SSSR count). The van der Waals surface area contributed by atoms with Gasteiger partial charge < -0.3 is 10.4 Å². The van der Waals surface area contributed by atoms with Crippen LogP contribution < -0.4 is 5.32 Å². The third kappa shape index (κ3) is 3.49. The maximum Gasteiger partial charge on any atom is 0.337 e. The van der Waals surface area contributed by atoms with E-state index >= 15 is 0 Å². The van der Waals surface area contributed by atoms with Crippen LogP contribution in [-0.2, 0) is 0 Å². The van der Waals surface area contributed by atoms with Crippen molar-refractivity contribution < 1.29 is 19.5 Å². The highest BCUT2D eigenvalue weighted by atomic mass is 16.4. The van der Waals surface area contributed by atoms with E-state index in [-0.39, 0.29) is 22.6 Å². The summed E-state index contributed by atoms with van der Waals surface area (Å²) in [6.07, 6.45) is 3.28. The summed E-state index contributed by atoms with van der Waals surface area (Å²) in [7, 11) is 0. The van der Waals surface area contributed by atoms with Crippen molar-refractivity contribution in [1.82, 2.24) is 9.38 Å². The largest absolute Gasteiger partial charge is 0.478 e. The van der Waals surface area contributed by atoms with E-state index in [1.165, 1.54) is 18.2 Å². The van der Waals surface area contributed by atoms with E-state index in [4.69, 9.17) is 0 Å². The first-order valence-electron chi connectivity index (χ1n) is 8.75. The molecule has 0 saturated heterocycles. The van der Waals surface area contributed by atoms with Gasteiger partial charge in [-0.05, 0) is 42.5 Å². The lowest BCUT2D eigenvalue weighted by Crippen LogP contribution is -2.16. The number of benzene rings is 2. The van der Waals surface area contributed by atoms with Crippen LogP contribution >= 0.6 is 0 Å². The molecule has 0 atom stereocenters. The molecule has 0 radical (unpaired) electrons. The summed E-state index contributed by atoms with van der Waals surface area (Å²) in [5, 5.41) is 12.2. The van der Waals surface area contributed by atoms with E-state index in [2.05, 4.69) is 10.3 Å². The lowest BCUT2D eigenvalue weighted by Gasteiger charge is -2.10. The maximum absolute atomic E-state index is 12.9. The van der Waals surface area contributed by atoms with Crippen LogP contribution in [0, 0.1) is 0 Å². The molecular weight excluding hydrogens is 370 g/mol. The Hall–Kier alpha value is -4.26. The van der Waals surface area contributed by atoms with Crippen LogP contribution in [0.5, 0.6) is 0 Å². The Morgan fingerprint density at radius 2 is 1.66 bits per heavy atom. The van der Waals surface area contributed by atoms with E-state index in [1.54, 1.807) is 53.2 Å². The summed E-state index contributed by atoms with van der Waals surface area (Å²) in [4.78, 5) is 41.1. The first kappa shape index (κ1) is 18.1. The number of anilines is 1. The van der Waals surface area contributed by atoms with Gasteiger partial charge in [0, 0.05) is 17.3 Å². The number of carboxylic acid groups (broad SMARTS) is 1. The SMILES string of the molecule is O=C(Nc1ccc(C(=O)c2ncc3ccccn23)cc1C(=O)O)c1ccccc1. The second-order valence-corrected chi connectivity index (χ2v) is 6.29. The van der Waals surface area contributed by atoms with Crippen molar-refractivity contribution in [2.45, 2.75) is 0 Å². The fourth-order valence-corrected chi connectivity index (χ4v) is 3.00. The number of hydrogen-bond donors (Lipinski definition) is 2. The van der Waals surface area contributed by atoms with Gasteiger partial charge in [-0.15, -0.1) is 0 Å². The number of imidazole rings is 1. The van der Waals surface area contributed by atoms with Crippen LogP contribution in [0.3, 0.4) is 0 Å². The smallest absolute Gasteiger partial charge is 0.337 e. The van der Waals surface area contributed by atoms with E-state index in [0.29, 0.717) is 5.56 Å². The number of ketones is 1. The lowest BCUT2D eigenvalue weighted by atomic mass is 10.0. The van der Waals surface area contributed by atoms with Gasteiger partial charge in [-0.2, -0.15) is 0 Å². The highest BCUT2D eigenvalue weighted by Crippen LogP contribution is 2.21. The summed E-state index contributed by atoms with van der Waals surface area (Å²) in [5.74, 6) is -1.93. The highest BCUT2D eigenvalue weighted by molar-refractivity contribution is 6.11. The predicted molar refractivity (Wildman–Crippen MR) is 106 cm³/mol. The van der Waals surface area contributed by atoms with Crippen molar-refractivity contribution in [1.29, 1.82) is 0 Å². The van der Waals surface area contributed by atoms with Gasteiger partial charge in [-0.25, -0.2) is 9.78 Å². The zero-order chi connectivity index (χ0) is 20.4. The molecule has 2 aromatic carbocycles. The minimum atomic E-state index is -1.25. The molecule has 7 nitrogen and oxygen atoms in total. The van der Waals surface area contributed by atoms with E-state index < -0.39 is 17.7 Å². The fraction of sp³-hybridized carbons (Fsp3) is 0. The number of carbonyl (C=O) groups is 3. The van der Waals surface area contributed by atoms with Crippen molar-refractivity contribution in [2.75, 3.05) is 5.32 Å². The lowest BCUT2D eigenvalue weighted by molar-refractivity contribution is 0.0698. The normalized spacial score (nSPS) is 10.6. The van der Waals surface area contributed by atoms with Gasteiger partial charge in [0.2, 0.25) is 5.78 Å². The first-order chi connectivity index (χ1) is 14.0. The second kappa shape index (κ2) is 7.40. The van der Waals surface area contributed by atoms with Crippen molar-refractivity contribution in [2.24, 2.45) is 0 Å². The van der Waals surface area contributed by atoms with Gasteiger partial charge in [-0.1, -0.05) is 24.3 Å². The molecule has 29 heavy (non-hydrogen) atoms. The van der Waals surface area contributed by atoms with Crippen molar-refractivity contribution in [3.8, 4) is 0 Å². The Balaban J connectivity index is 1.68. The Morgan fingerprint density at radius 1 is 0.897 bits per heavy atom. The number of carboxylic acids is 1. The molecule has 2 heterocycles. The monoisotopic (exact) mass is 385 g/mol. The van der Waals surface area contributed by atoms with Crippen LogP contribution in [0.25, 0.3) is 5.52 Å². The maximum atomic E-state index is 12.9. The molecule has 0 aliphatic carbocycles. The number of rotatable bonds is 5. The number of pyridine rings is 1. The Morgan fingerprint density at radius 3 is 2.41 bits per heavy atom. The molecule has 142 valence electrons. The van der Waals surface area contributed by atoms with Crippen LogP contribution in [0.2, 0.25) is 0 Å². The Kier molecular flexibility index (Phi) is 4.62. The van der Waals surface area contributed by atoms with Gasteiger partial charge in [-0.3, -0.25) is 14.0 Å². The number of aromatic carboxylic acids is 1. The molecule has 4 aromatic rings. The summed E-state index contributed by atoms with van der Waals surface area (Å²) < 4.78 is 1.63. The minimum absolute atomic E-state index is 0.107. The van der Waals surface area contributed by atoms with Crippen LogP contribution in [-0.4, -0.2) is 32.2 Å². The molecule has 0 bridgehead atoms. The third-order valence-corrected chi connectivity index (χ3v) is 4.44. The third-order valence-electron chi connectivity index (χ3n) is 4.44. The first-order valence-corrected chi connectivity index (χ1v) is 8.75. The second-order valence-electron chi connectivity index (χ2n) is 6.29. The van der Waals surface area contributed by atoms with E-state index in [9.17, 15) is 19.5 Å². The van der Waals surface area contributed by atoms with Crippen molar-refractivity contribution in [3.63, 3.8) is 0 Å². The van der Waals surface area contributed by atoms with Crippen LogP contribution in [0.1, 0.15) is 36.9 Å². The quantitative estimate of drug-likeness (QED) is 0.512. The molecule has 0 unspecified atom stereocenters. The molecule has 7 heteroatoms.